The summed E-state index contributed by atoms with van der Waals surface area (Å²) in [6, 6.07) is 0. The topological polar surface area (TPSA) is 289 Å². The lowest BCUT2D eigenvalue weighted by Crippen LogP contribution is -2.18. The summed E-state index contributed by atoms with van der Waals surface area (Å²) in [6.07, 6.45) is 72.7. The number of aliphatic carboxylic acids is 2. The van der Waals surface area contributed by atoms with Gasteiger partial charge in [0.25, 0.3) is 0 Å². The maximum Gasteiger partial charge on any atom is 0.317 e. The van der Waals surface area contributed by atoms with Crippen LogP contribution in [0.4, 0.5) is 0 Å². The van der Waals surface area contributed by atoms with Crippen molar-refractivity contribution >= 4 is 59.7 Å². The van der Waals surface area contributed by atoms with Gasteiger partial charge in [-0.05, 0) is 126 Å². The molecule has 4 rings (SSSR count). The van der Waals surface area contributed by atoms with Gasteiger partial charge in [0.2, 0.25) is 0 Å². The second-order valence-corrected chi connectivity index (χ2v) is 30.7. The van der Waals surface area contributed by atoms with Gasteiger partial charge in [0.05, 0.1) is 60.9 Å². The number of unbranched alkanes of at least 4 members (excludes halogenated alkanes) is 36. The zero-order valence-corrected chi connectivity index (χ0v) is 67.8. The van der Waals surface area contributed by atoms with E-state index in [1.54, 1.807) is 0 Å². The minimum absolute atomic E-state index is 0.0449. The third-order valence-electron chi connectivity index (χ3n) is 21.0. The molecule has 4 aliphatic heterocycles. The molecular weight excluding hydrogens is 1370 g/mol. The molecule has 0 amide bonds. The molecule has 616 valence electrons. The molecule has 108 heavy (non-hydrogen) atoms. The van der Waals surface area contributed by atoms with Crippen molar-refractivity contribution in [3.63, 3.8) is 0 Å². The molecular formula is C90H148O18. The zero-order chi connectivity index (χ0) is 79.6. The molecule has 18 heteroatoms. The number of aliphatic hydroxyl groups excluding tert-OH is 2. The highest BCUT2D eigenvalue weighted by Crippen LogP contribution is 2.35. The number of allylic oxidation sites excluding steroid dienone is 10. The van der Waals surface area contributed by atoms with Gasteiger partial charge >= 0.3 is 59.7 Å². The van der Waals surface area contributed by atoms with E-state index in [4.69, 9.17) is 39.4 Å². The monoisotopic (exact) mass is 1520 g/mol. The van der Waals surface area contributed by atoms with E-state index in [-0.39, 0.29) is 133 Å². The largest absolute Gasteiger partial charge is 0.513 e. The Kier molecular flexibility index (Phi) is 62.2. The summed E-state index contributed by atoms with van der Waals surface area (Å²) in [5, 5.41) is 35.4. The maximum atomic E-state index is 12.0. The molecule has 18 nitrogen and oxygen atoms in total. The average Bonchev–Trinajstić information content (AvgIpc) is 1.74. The molecule has 0 spiro atoms. The molecule has 0 radical (unpaired) electrons. The van der Waals surface area contributed by atoms with Gasteiger partial charge in [-0.2, -0.15) is 0 Å². The van der Waals surface area contributed by atoms with Crippen LogP contribution in [0.5, 0.6) is 0 Å². The molecule has 4 heterocycles. The first-order valence-electron chi connectivity index (χ1n) is 43.0. The van der Waals surface area contributed by atoms with Crippen molar-refractivity contribution < 1.29 is 87.3 Å². The Hall–Kier alpha value is -6.46. The lowest BCUT2D eigenvalue weighted by molar-refractivity contribution is -0.155. The van der Waals surface area contributed by atoms with Gasteiger partial charge in [0, 0.05) is 25.7 Å². The summed E-state index contributed by atoms with van der Waals surface area (Å²) in [5.41, 5.74) is 0. The Bertz CT molecular complexity index is 2630. The van der Waals surface area contributed by atoms with Crippen molar-refractivity contribution in [2.75, 3.05) is 0 Å². The molecule has 4 N–H and O–H groups in total. The van der Waals surface area contributed by atoms with Gasteiger partial charge in [-0.15, -0.1) is 0 Å². The zero-order valence-electron chi connectivity index (χ0n) is 67.8. The van der Waals surface area contributed by atoms with E-state index in [1.807, 2.05) is 0 Å². The molecule has 0 aromatic carbocycles. The minimum atomic E-state index is -0.752. The van der Waals surface area contributed by atoms with E-state index in [9.17, 15) is 47.9 Å². The van der Waals surface area contributed by atoms with Gasteiger partial charge < -0.3 is 39.4 Å². The number of rotatable bonds is 64. The van der Waals surface area contributed by atoms with Crippen LogP contribution in [0.2, 0.25) is 0 Å². The highest BCUT2D eigenvalue weighted by molar-refractivity contribution is 5.96. The molecule has 4 saturated heterocycles. The highest BCUT2D eigenvalue weighted by Gasteiger charge is 2.41. The number of hydrogen-bond acceptors (Lipinski definition) is 16. The van der Waals surface area contributed by atoms with Gasteiger partial charge in [-0.3, -0.25) is 47.9 Å². The van der Waals surface area contributed by atoms with Gasteiger partial charge in [-0.1, -0.05) is 295 Å². The summed E-state index contributed by atoms with van der Waals surface area (Å²) in [5.74, 6) is -4.84. The molecule has 0 aromatic rings. The maximum absolute atomic E-state index is 12.0. The molecule has 0 saturated carbocycles. The van der Waals surface area contributed by atoms with E-state index in [0.29, 0.717) is 19.3 Å². The van der Waals surface area contributed by atoms with Crippen LogP contribution in [0.15, 0.2) is 73.3 Å². The number of esters is 8. The Morgan fingerprint density at radius 2 is 0.481 bits per heavy atom. The number of cyclic esters (lactones) is 8. The number of carboxylic acid groups (broad SMARTS) is 2. The van der Waals surface area contributed by atoms with E-state index in [2.05, 4.69) is 89.5 Å². The van der Waals surface area contributed by atoms with Crippen LogP contribution in [0.3, 0.4) is 0 Å². The standard InChI is InChI=1S/2C23H38O4.2C22H36O5/c1-3-4-5-9-13-16-20(21-18-22(25)27-23(21)26)17-14-11-8-6-7-10-12-15-19(2)24;1-3-4-5-6-7-10-13-16-20(21-18-22(25)27-23(21)26)17-14-11-8-9-12-15-19(2)24;1-2-3-4-5-8-11-14-18(19-17-21(25)27-22(19)26)15-12-9-6-7-10-13-16-20(23)24;1-2-3-4-5-6-7-8-11-14-18(19-17-21(25)27-22(19)26)15-12-9-10-13-16-20(23)24/h14,17,20-21,24H,2-13,15-16,18H2,1H3;13,16,20-21,24H,2-12,14-15,17-18H2,1H3;12,15,18-19H,2-11,13-14,16-17H2,1H3,(H,23,24);11,14,18-19H,2-10,12-13,15-17H2,1H3,(H,23,24)/b17-14+;16-13+;15-12+;14-11+. The molecule has 8 atom stereocenters. The smallest absolute Gasteiger partial charge is 0.317 e. The Balaban J connectivity index is 0.000000720. The quantitative estimate of drug-likeness (QED) is 0.0110. The summed E-state index contributed by atoms with van der Waals surface area (Å²) in [6.45, 7) is 15.8. The number of ether oxygens (including phenoxy) is 4. The predicted octanol–water partition coefficient (Wildman–Crippen LogP) is 23.7. The Labute approximate surface area is 651 Å². The van der Waals surface area contributed by atoms with E-state index in [1.165, 1.54) is 135 Å². The molecule has 0 aliphatic carbocycles. The first-order chi connectivity index (χ1) is 52.2. The van der Waals surface area contributed by atoms with Crippen molar-refractivity contribution in [2.45, 2.75) is 387 Å². The fourth-order valence-corrected chi connectivity index (χ4v) is 14.4. The molecule has 8 unspecified atom stereocenters. The lowest BCUT2D eigenvalue weighted by atomic mass is 9.86. The van der Waals surface area contributed by atoms with E-state index in [0.717, 1.165) is 167 Å². The number of carboxylic acids is 2. The number of carbonyl (C=O) groups excluding carboxylic acids is 8. The highest BCUT2D eigenvalue weighted by atomic mass is 16.6. The van der Waals surface area contributed by atoms with Crippen LogP contribution >= 0.6 is 0 Å². The number of aliphatic hydroxyl groups is 2. The number of hydrogen-bond donors (Lipinski definition) is 4. The SMILES string of the molecule is C=C(O)CCCCCCC/C=C/C(CCCCCCC)C1CC(=O)OC1=O.C=C(O)CCCCCCCC(/C=C/CCCCCCC)C1CC(=O)OC1=O.CCCCCCCC/C=C/C(CCCCCCC(=O)O)C1CC(=O)OC1=O.CCCCCCCCC(/C=C/CCCCCCC(=O)O)C1CC(=O)OC1=O. The van der Waals surface area contributed by atoms with Gasteiger partial charge in [-0.25, -0.2) is 0 Å². The number of carbonyl (C=O) groups is 10. The average molecular weight is 1520 g/mol. The van der Waals surface area contributed by atoms with E-state index < -0.39 is 23.9 Å². The van der Waals surface area contributed by atoms with Crippen LogP contribution in [-0.2, 0) is 66.9 Å². The summed E-state index contributed by atoms with van der Waals surface area (Å²) in [7, 11) is 0. The third kappa shape index (κ3) is 54.2. The van der Waals surface area contributed by atoms with Crippen LogP contribution in [0.1, 0.15) is 387 Å². The normalized spacial score (nSPS) is 18.2. The summed E-state index contributed by atoms with van der Waals surface area (Å²) >= 11 is 0. The van der Waals surface area contributed by atoms with Crippen LogP contribution in [0, 0.1) is 47.3 Å². The van der Waals surface area contributed by atoms with E-state index >= 15 is 0 Å². The van der Waals surface area contributed by atoms with Crippen molar-refractivity contribution in [2.24, 2.45) is 47.3 Å². The first kappa shape index (κ1) is 99.5. The Morgan fingerprint density at radius 1 is 0.296 bits per heavy atom. The molecule has 0 aromatic heterocycles. The van der Waals surface area contributed by atoms with Crippen molar-refractivity contribution in [3.05, 3.63) is 73.3 Å². The van der Waals surface area contributed by atoms with Gasteiger partial charge in [0.15, 0.2) is 0 Å². The fraction of sp³-hybridized carbons (Fsp3) is 0.756. The Morgan fingerprint density at radius 3 is 0.667 bits per heavy atom. The minimum Gasteiger partial charge on any atom is -0.513 e. The lowest BCUT2D eigenvalue weighted by Gasteiger charge is -2.16. The predicted molar refractivity (Wildman–Crippen MR) is 429 cm³/mol. The summed E-state index contributed by atoms with van der Waals surface area (Å²) in [4.78, 5) is 115. The van der Waals surface area contributed by atoms with Crippen molar-refractivity contribution in [3.8, 4) is 0 Å². The fourth-order valence-electron chi connectivity index (χ4n) is 14.4. The van der Waals surface area contributed by atoms with Crippen molar-refractivity contribution in [1.82, 2.24) is 0 Å². The summed E-state index contributed by atoms with van der Waals surface area (Å²) < 4.78 is 19.0. The van der Waals surface area contributed by atoms with Crippen molar-refractivity contribution in [1.29, 1.82) is 0 Å². The molecule has 4 fully saturated rings. The second kappa shape index (κ2) is 67.4. The van der Waals surface area contributed by atoms with Gasteiger partial charge in [0.1, 0.15) is 0 Å². The first-order valence-corrected chi connectivity index (χ1v) is 43.0. The van der Waals surface area contributed by atoms with Crippen LogP contribution < -0.4 is 0 Å². The van der Waals surface area contributed by atoms with Crippen LogP contribution in [-0.4, -0.2) is 80.1 Å². The molecule has 4 aliphatic rings. The third-order valence-corrected chi connectivity index (χ3v) is 21.0. The molecule has 0 bridgehead atoms. The van der Waals surface area contributed by atoms with Crippen LogP contribution in [0.25, 0.3) is 0 Å². The second-order valence-electron chi connectivity index (χ2n) is 30.7.